The summed E-state index contributed by atoms with van der Waals surface area (Å²) in [6.45, 7) is 2.94. The van der Waals surface area contributed by atoms with Crippen LogP contribution in [0.2, 0.25) is 0 Å². The predicted molar refractivity (Wildman–Crippen MR) is 84.5 cm³/mol. The number of anilines is 1. The van der Waals surface area contributed by atoms with E-state index < -0.39 is 0 Å². The second kappa shape index (κ2) is 7.33. The van der Waals surface area contributed by atoms with Crippen molar-refractivity contribution in [2.24, 2.45) is 0 Å². The van der Waals surface area contributed by atoms with Gasteiger partial charge in [0.2, 0.25) is 0 Å². The lowest BCUT2D eigenvalue weighted by Gasteiger charge is -2.08. The molecule has 0 spiro atoms. The van der Waals surface area contributed by atoms with Crippen molar-refractivity contribution in [3.63, 3.8) is 0 Å². The minimum Gasteiger partial charge on any atom is -0.492 e. The number of carbonyl (C=O) groups is 1. The Hall–Kier alpha value is -2.49. The SMILES string of the molecule is CCc1ccc(C(=O)NCCOc2cccc(N)c2)cc1. The first kappa shape index (κ1) is 14.9. The van der Waals surface area contributed by atoms with Gasteiger partial charge in [0.1, 0.15) is 12.4 Å². The molecule has 2 aromatic rings. The normalized spacial score (nSPS) is 10.1. The van der Waals surface area contributed by atoms with Gasteiger partial charge in [-0.3, -0.25) is 4.79 Å². The molecule has 0 bridgehead atoms. The van der Waals surface area contributed by atoms with Gasteiger partial charge in [-0.2, -0.15) is 0 Å². The first-order chi connectivity index (χ1) is 10.2. The lowest BCUT2D eigenvalue weighted by molar-refractivity contribution is 0.0947. The number of nitrogen functional groups attached to an aromatic ring is 1. The Kier molecular flexibility index (Phi) is 5.21. The highest BCUT2D eigenvalue weighted by Crippen LogP contribution is 2.13. The summed E-state index contributed by atoms with van der Waals surface area (Å²) < 4.78 is 5.51. The smallest absolute Gasteiger partial charge is 0.251 e. The fraction of sp³-hybridized carbons (Fsp3) is 0.235. The molecule has 0 saturated heterocycles. The molecule has 2 aromatic carbocycles. The van der Waals surface area contributed by atoms with E-state index in [9.17, 15) is 4.79 Å². The number of ether oxygens (including phenoxy) is 1. The average Bonchev–Trinajstić information content (AvgIpc) is 2.51. The van der Waals surface area contributed by atoms with Gasteiger partial charge in [0.05, 0.1) is 6.54 Å². The van der Waals surface area contributed by atoms with Crippen LogP contribution in [0.3, 0.4) is 0 Å². The Morgan fingerprint density at radius 2 is 1.95 bits per heavy atom. The molecule has 0 saturated carbocycles. The third-order valence-corrected chi connectivity index (χ3v) is 3.14. The van der Waals surface area contributed by atoms with E-state index in [1.807, 2.05) is 36.4 Å². The van der Waals surface area contributed by atoms with Crippen LogP contribution in [0, 0.1) is 0 Å². The van der Waals surface area contributed by atoms with Crippen LogP contribution in [0.4, 0.5) is 5.69 Å². The fourth-order valence-electron chi connectivity index (χ4n) is 1.93. The zero-order chi connectivity index (χ0) is 15.1. The Bertz CT molecular complexity index is 594. The maximum absolute atomic E-state index is 11.9. The van der Waals surface area contributed by atoms with Crippen molar-refractivity contribution in [1.29, 1.82) is 0 Å². The molecule has 0 aliphatic rings. The minimum atomic E-state index is -0.0890. The summed E-state index contributed by atoms with van der Waals surface area (Å²) in [5.74, 6) is 0.616. The summed E-state index contributed by atoms with van der Waals surface area (Å²) in [4.78, 5) is 11.9. The van der Waals surface area contributed by atoms with Crippen LogP contribution in [0.15, 0.2) is 48.5 Å². The van der Waals surface area contributed by atoms with Crippen molar-refractivity contribution < 1.29 is 9.53 Å². The molecule has 0 unspecified atom stereocenters. The summed E-state index contributed by atoms with van der Waals surface area (Å²) in [7, 11) is 0. The van der Waals surface area contributed by atoms with Crippen LogP contribution in [-0.4, -0.2) is 19.1 Å². The zero-order valence-corrected chi connectivity index (χ0v) is 12.1. The van der Waals surface area contributed by atoms with Gasteiger partial charge in [-0.25, -0.2) is 0 Å². The average molecular weight is 284 g/mol. The van der Waals surface area contributed by atoms with Crippen molar-refractivity contribution in [3.05, 3.63) is 59.7 Å². The predicted octanol–water partition coefficient (Wildman–Crippen LogP) is 2.64. The summed E-state index contributed by atoms with van der Waals surface area (Å²) >= 11 is 0. The van der Waals surface area contributed by atoms with Gasteiger partial charge in [-0.1, -0.05) is 25.1 Å². The first-order valence-corrected chi connectivity index (χ1v) is 7.04. The van der Waals surface area contributed by atoms with Crippen molar-refractivity contribution in [1.82, 2.24) is 5.32 Å². The number of hydrogen-bond donors (Lipinski definition) is 2. The van der Waals surface area contributed by atoms with Gasteiger partial charge < -0.3 is 15.8 Å². The number of carbonyl (C=O) groups excluding carboxylic acids is 1. The molecule has 0 aliphatic carbocycles. The highest BCUT2D eigenvalue weighted by Gasteiger charge is 2.04. The lowest BCUT2D eigenvalue weighted by atomic mass is 10.1. The molecule has 4 nitrogen and oxygen atoms in total. The van der Waals surface area contributed by atoms with Crippen LogP contribution in [0.5, 0.6) is 5.75 Å². The van der Waals surface area contributed by atoms with E-state index in [-0.39, 0.29) is 5.91 Å². The first-order valence-electron chi connectivity index (χ1n) is 7.04. The van der Waals surface area contributed by atoms with Crippen LogP contribution in [0.25, 0.3) is 0 Å². The number of aryl methyl sites for hydroxylation is 1. The quantitative estimate of drug-likeness (QED) is 0.633. The van der Waals surface area contributed by atoms with Gasteiger partial charge >= 0.3 is 0 Å². The van der Waals surface area contributed by atoms with Gasteiger partial charge in [0.15, 0.2) is 0 Å². The van der Waals surface area contributed by atoms with E-state index in [0.29, 0.717) is 30.2 Å². The van der Waals surface area contributed by atoms with Gasteiger partial charge in [-0.15, -0.1) is 0 Å². The molecule has 0 radical (unpaired) electrons. The highest BCUT2D eigenvalue weighted by molar-refractivity contribution is 5.94. The molecule has 0 fully saturated rings. The largest absolute Gasteiger partial charge is 0.492 e. The molecule has 0 atom stereocenters. The third kappa shape index (κ3) is 4.53. The van der Waals surface area contributed by atoms with E-state index in [0.717, 1.165) is 6.42 Å². The second-order valence-electron chi connectivity index (χ2n) is 4.73. The minimum absolute atomic E-state index is 0.0890. The van der Waals surface area contributed by atoms with Crippen LogP contribution in [0.1, 0.15) is 22.8 Å². The van der Waals surface area contributed by atoms with E-state index >= 15 is 0 Å². The van der Waals surface area contributed by atoms with E-state index in [1.165, 1.54) is 5.56 Å². The molecule has 0 aliphatic heterocycles. The molecule has 4 heteroatoms. The van der Waals surface area contributed by atoms with Gasteiger partial charge in [0.25, 0.3) is 5.91 Å². The monoisotopic (exact) mass is 284 g/mol. The standard InChI is InChI=1S/C17H20N2O2/c1-2-13-6-8-14(9-7-13)17(20)19-10-11-21-16-5-3-4-15(18)12-16/h3-9,12H,2,10-11,18H2,1H3,(H,19,20). The number of nitrogens with one attached hydrogen (secondary N) is 1. The Morgan fingerprint density at radius 1 is 1.19 bits per heavy atom. The van der Waals surface area contributed by atoms with Crippen LogP contribution in [-0.2, 0) is 6.42 Å². The summed E-state index contributed by atoms with van der Waals surface area (Å²) in [6.07, 6.45) is 0.968. The molecule has 21 heavy (non-hydrogen) atoms. The number of hydrogen-bond acceptors (Lipinski definition) is 3. The fourth-order valence-corrected chi connectivity index (χ4v) is 1.93. The topological polar surface area (TPSA) is 64.3 Å². The van der Waals surface area contributed by atoms with E-state index in [2.05, 4.69) is 12.2 Å². The number of rotatable bonds is 6. The maximum Gasteiger partial charge on any atom is 0.251 e. The Balaban J connectivity index is 1.76. The number of nitrogens with two attached hydrogens (primary N) is 1. The maximum atomic E-state index is 11.9. The lowest BCUT2D eigenvalue weighted by Crippen LogP contribution is -2.28. The van der Waals surface area contributed by atoms with Crippen molar-refractivity contribution in [2.45, 2.75) is 13.3 Å². The van der Waals surface area contributed by atoms with Crippen LogP contribution >= 0.6 is 0 Å². The molecule has 1 amide bonds. The Labute approximate surface area is 124 Å². The Morgan fingerprint density at radius 3 is 2.62 bits per heavy atom. The summed E-state index contributed by atoms with van der Waals surface area (Å²) in [5, 5.41) is 2.83. The van der Waals surface area contributed by atoms with E-state index in [4.69, 9.17) is 10.5 Å². The number of amides is 1. The van der Waals surface area contributed by atoms with Crippen LogP contribution < -0.4 is 15.8 Å². The van der Waals surface area contributed by atoms with Crippen molar-refractivity contribution >= 4 is 11.6 Å². The number of benzene rings is 2. The highest BCUT2D eigenvalue weighted by atomic mass is 16.5. The molecule has 2 rings (SSSR count). The van der Waals surface area contributed by atoms with Crippen molar-refractivity contribution in [3.8, 4) is 5.75 Å². The summed E-state index contributed by atoms with van der Waals surface area (Å²) in [6, 6.07) is 14.8. The zero-order valence-electron chi connectivity index (χ0n) is 12.1. The van der Waals surface area contributed by atoms with E-state index in [1.54, 1.807) is 12.1 Å². The molecule has 110 valence electrons. The molecule has 0 heterocycles. The molecule has 0 aromatic heterocycles. The third-order valence-electron chi connectivity index (χ3n) is 3.14. The molecular weight excluding hydrogens is 264 g/mol. The molecular formula is C17H20N2O2. The van der Waals surface area contributed by atoms with Crippen molar-refractivity contribution in [2.75, 3.05) is 18.9 Å². The molecule has 3 N–H and O–H groups in total. The summed E-state index contributed by atoms with van der Waals surface area (Å²) in [5.41, 5.74) is 8.20. The van der Waals surface area contributed by atoms with Gasteiger partial charge in [-0.05, 0) is 36.2 Å². The second-order valence-corrected chi connectivity index (χ2v) is 4.73. The van der Waals surface area contributed by atoms with Gasteiger partial charge in [0, 0.05) is 17.3 Å².